The average Bonchev–Trinajstić information content (AvgIpc) is 3.69. The van der Waals surface area contributed by atoms with E-state index in [2.05, 4.69) is 29.1 Å². The minimum Gasteiger partial charge on any atom is -0.414 e. The molecule has 0 saturated carbocycles. The average molecular weight is 565 g/mol. The Morgan fingerprint density at radius 1 is 0.325 bits per heavy atom. The minimum absolute atomic E-state index is 0.722. The SMILES string of the molecule is c1ccn(CCCCOCCCCOCCCCOCCCCOCCCCOCCCCOn2cccc2)c1. The number of hydrogen-bond acceptors (Lipinski definition) is 6. The second-order valence-electron chi connectivity index (χ2n) is 10.1. The summed E-state index contributed by atoms with van der Waals surface area (Å²) < 4.78 is 32.5. The van der Waals surface area contributed by atoms with Crippen molar-refractivity contribution in [2.75, 3.05) is 72.7 Å². The molecule has 0 radical (unpaired) electrons. The van der Waals surface area contributed by atoms with Crippen LogP contribution in [0.3, 0.4) is 0 Å². The smallest absolute Gasteiger partial charge is 0.115 e. The van der Waals surface area contributed by atoms with Crippen LogP contribution in [-0.4, -0.2) is 82.0 Å². The van der Waals surface area contributed by atoms with E-state index < -0.39 is 0 Å². The molecular formula is C32H56N2O6. The van der Waals surface area contributed by atoms with Crippen LogP contribution in [0.5, 0.6) is 0 Å². The van der Waals surface area contributed by atoms with Crippen LogP contribution in [0.25, 0.3) is 0 Å². The third-order valence-electron chi connectivity index (χ3n) is 6.43. The number of aromatic nitrogens is 2. The number of hydrogen-bond donors (Lipinski definition) is 0. The van der Waals surface area contributed by atoms with Crippen LogP contribution < -0.4 is 4.84 Å². The molecule has 0 aliphatic carbocycles. The highest BCUT2D eigenvalue weighted by Crippen LogP contribution is 2.01. The summed E-state index contributed by atoms with van der Waals surface area (Å²) in [5.41, 5.74) is 0. The molecule has 0 unspecified atom stereocenters. The Kier molecular flexibility index (Phi) is 23.5. The van der Waals surface area contributed by atoms with Crippen molar-refractivity contribution >= 4 is 0 Å². The molecule has 0 spiro atoms. The molecule has 0 N–H and O–H groups in total. The minimum atomic E-state index is 0.722. The maximum Gasteiger partial charge on any atom is 0.115 e. The van der Waals surface area contributed by atoms with Gasteiger partial charge in [0.25, 0.3) is 0 Å². The summed E-state index contributed by atoms with van der Waals surface area (Å²) in [6.07, 6.45) is 20.9. The summed E-state index contributed by atoms with van der Waals surface area (Å²) in [6, 6.07) is 8.05. The van der Waals surface area contributed by atoms with Crippen molar-refractivity contribution in [3.05, 3.63) is 49.1 Å². The molecule has 2 heterocycles. The van der Waals surface area contributed by atoms with Gasteiger partial charge >= 0.3 is 0 Å². The molecule has 2 rings (SSSR count). The second-order valence-corrected chi connectivity index (χ2v) is 10.1. The van der Waals surface area contributed by atoms with Crippen LogP contribution in [-0.2, 0) is 30.2 Å². The van der Waals surface area contributed by atoms with Crippen molar-refractivity contribution in [3.63, 3.8) is 0 Å². The van der Waals surface area contributed by atoms with Gasteiger partial charge in [0, 0.05) is 97.4 Å². The summed E-state index contributed by atoms with van der Waals surface area (Å²) in [4.78, 5) is 5.54. The zero-order chi connectivity index (χ0) is 28.0. The maximum atomic E-state index is 5.73. The van der Waals surface area contributed by atoms with E-state index in [9.17, 15) is 0 Å². The number of aryl methyl sites for hydroxylation is 1. The Hall–Kier alpha value is -1.84. The van der Waals surface area contributed by atoms with Gasteiger partial charge in [-0.05, 0) is 101 Å². The highest BCUT2D eigenvalue weighted by Gasteiger charge is 1.97. The molecule has 0 aromatic carbocycles. The molecule has 0 amide bonds. The Bertz CT molecular complexity index is 664. The lowest BCUT2D eigenvalue weighted by Gasteiger charge is -2.08. The normalized spacial score (nSPS) is 11.4. The van der Waals surface area contributed by atoms with Crippen LogP contribution in [0.1, 0.15) is 77.0 Å². The molecule has 230 valence electrons. The molecule has 0 aliphatic rings. The summed E-state index contributed by atoms with van der Waals surface area (Å²) >= 11 is 0. The lowest BCUT2D eigenvalue weighted by atomic mass is 10.3. The van der Waals surface area contributed by atoms with Gasteiger partial charge in [0.15, 0.2) is 0 Å². The molecule has 8 nitrogen and oxygen atoms in total. The molecule has 0 fully saturated rings. The predicted octanol–water partition coefficient (Wildman–Crippen LogP) is 6.18. The highest BCUT2D eigenvalue weighted by molar-refractivity contribution is 4.90. The molecule has 0 bridgehead atoms. The number of rotatable bonds is 31. The molecule has 2 aromatic rings. The number of nitrogens with zero attached hydrogens (tertiary/aromatic N) is 2. The zero-order valence-corrected chi connectivity index (χ0v) is 24.9. The van der Waals surface area contributed by atoms with E-state index >= 15 is 0 Å². The van der Waals surface area contributed by atoms with Gasteiger partial charge in [0.1, 0.15) is 6.61 Å². The topological polar surface area (TPSA) is 65.2 Å². The molecule has 0 saturated heterocycles. The van der Waals surface area contributed by atoms with Crippen molar-refractivity contribution in [1.82, 2.24) is 9.30 Å². The third kappa shape index (κ3) is 21.9. The van der Waals surface area contributed by atoms with Gasteiger partial charge in [0.05, 0.1) is 0 Å². The van der Waals surface area contributed by atoms with E-state index in [1.54, 1.807) is 4.73 Å². The van der Waals surface area contributed by atoms with Crippen molar-refractivity contribution in [2.24, 2.45) is 0 Å². The summed E-state index contributed by atoms with van der Waals surface area (Å²) in [5.74, 6) is 0. The molecule has 2 aromatic heterocycles. The van der Waals surface area contributed by atoms with Gasteiger partial charge < -0.3 is 33.1 Å². The van der Waals surface area contributed by atoms with Gasteiger partial charge in [-0.2, -0.15) is 4.73 Å². The fourth-order valence-corrected chi connectivity index (χ4v) is 4.04. The van der Waals surface area contributed by atoms with Gasteiger partial charge in [-0.1, -0.05) is 0 Å². The van der Waals surface area contributed by atoms with E-state index in [0.29, 0.717) is 0 Å². The summed E-state index contributed by atoms with van der Waals surface area (Å²) in [7, 11) is 0. The molecule has 8 heteroatoms. The first-order chi connectivity index (χ1) is 19.9. The van der Waals surface area contributed by atoms with E-state index in [0.717, 1.165) is 150 Å². The fourth-order valence-electron chi connectivity index (χ4n) is 4.04. The highest BCUT2D eigenvalue weighted by atomic mass is 16.7. The lowest BCUT2D eigenvalue weighted by molar-refractivity contribution is 0.0782. The van der Waals surface area contributed by atoms with E-state index in [4.69, 9.17) is 28.5 Å². The van der Waals surface area contributed by atoms with Crippen molar-refractivity contribution in [1.29, 1.82) is 0 Å². The Morgan fingerprint density at radius 3 is 1.00 bits per heavy atom. The number of unbranched alkanes of at least 4 members (excludes halogenated alkanes) is 6. The number of ether oxygens (including phenoxy) is 5. The quantitative estimate of drug-likeness (QED) is 0.102. The summed E-state index contributed by atoms with van der Waals surface area (Å²) in [6.45, 7) is 10.0. The van der Waals surface area contributed by atoms with Gasteiger partial charge in [-0.15, -0.1) is 0 Å². The van der Waals surface area contributed by atoms with E-state index in [1.807, 2.05) is 24.5 Å². The van der Waals surface area contributed by atoms with E-state index in [-0.39, 0.29) is 0 Å². The summed E-state index contributed by atoms with van der Waals surface area (Å²) in [5, 5.41) is 0. The van der Waals surface area contributed by atoms with Crippen LogP contribution in [0.2, 0.25) is 0 Å². The first kappa shape index (κ1) is 34.4. The monoisotopic (exact) mass is 564 g/mol. The molecule has 40 heavy (non-hydrogen) atoms. The molecule has 0 atom stereocenters. The van der Waals surface area contributed by atoms with Crippen molar-refractivity contribution < 1.29 is 28.5 Å². The van der Waals surface area contributed by atoms with Crippen molar-refractivity contribution in [3.8, 4) is 0 Å². The fraction of sp³-hybridized carbons (Fsp3) is 0.750. The Balaban J connectivity index is 1.13. The lowest BCUT2D eigenvalue weighted by Crippen LogP contribution is -2.11. The second kappa shape index (κ2) is 27.3. The third-order valence-corrected chi connectivity index (χ3v) is 6.43. The van der Waals surface area contributed by atoms with Gasteiger partial charge in [0.2, 0.25) is 0 Å². The van der Waals surface area contributed by atoms with Gasteiger partial charge in [-0.25, -0.2) is 0 Å². The van der Waals surface area contributed by atoms with Crippen LogP contribution in [0.4, 0.5) is 0 Å². The predicted molar refractivity (Wildman–Crippen MR) is 160 cm³/mol. The first-order valence-corrected chi connectivity index (χ1v) is 15.7. The Morgan fingerprint density at radius 2 is 0.625 bits per heavy atom. The van der Waals surface area contributed by atoms with Crippen molar-refractivity contribution in [2.45, 2.75) is 83.6 Å². The largest absolute Gasteiger partial charge is 0.414 e. The van der Waals surface area contributed by atoms with Gasteiger partial charge in [-0.3, -0.25) is 0 Å². The maximum absolute atomic E-state index is 5.73. The zero-order valence-electron chi connectivity index (χ0n) is 24.9. The standard InChI is InChI=1S/C32H56N2O6/c1-2-18-33(17-1)19-5-6-22-35-23-7-8-24-36-25-9-10-26-37-27-11-12-28-38-29-13-14-30-39-31-15-16-32-40-34-20-3-4-21-34/h1-4,17-18,20-21H,5-16,19,22-32H2. The first-order valence-electron chi connectivity index (χ1n) is 15.7. The van der Waals surface area contributed by atoms with Crippen LogP contribution in [0, 0.1) is 0 Å². The van der Waals surface area contributed by atoms with E-state index in [1.165, 1.54) is 6.42 Å². The van der Waals surface area contributed by atoms with Crippen LogP contribution >= 0.6 is 0 Å². The molecule has 0 aliphatic heterocycles. The molecular weight excluding hydrogens is 508 g/mol. The Labute approximate surface area is 243 Å². The van der Waals surface area contributed by atoms with Crippen LogP contribution in [0.15, 0.2) is 49.1 Å².